The molecular formula is C18H9Cl6OP. The van der Waals surface area contributed by atoms with Crippen molar-refractivity contribution in [2.75, 3.05) is 0 Å². The molecule has 0 bridgehead atoms. The molecule has 3 aromatic rings. The van der Waals surface area contributed by atoms with Gasteiger partial charge < -0.3 is 4.57 Å². The minimum absolute atomic E-state index is 0.248. The average Bonchev–Trinajstić information content (AvgIpc) is 2.54. The Labute approximate surface area is 181 Å². The highest BCUT2D eigenvalue weighted by molar-refractivity contribution is 7.86. The summed E-state index contributed by atoms with van der Waals surface area (Å²) in [5.41, 5.74) is 0. The van der Waals surface area contributed by atoms with Crippen LogP contribution in [0.1, 0.15) is 0 Å². The van der Waals surface area contributed by atoms with Crippen LogP contribution in [0.5, 0.6) is 0 Å². The first-order valence-electron chi connectivity index (χ1n) is 7.20. The van der Waals surface area contributed by atoms with Gasteiger partial charge in [-0.25, -0.2) is 0 Å². The zero-order valence-corrected chi connectivity index (χ0v) is 18.2. The SMILES string of the molecule is O=P(c1ccc(Cl)cc1Cl)(c1ccc(Cl)cc1Cl)c1ccc(Cl)cc1Cl. The number of benzene rings is 3. The van der Waals surface area contributed by atoms with Crippen molar-refractivity contribution in [2.24, 2.45) is 0 Å². The van der Waals surface area contributed by atoms with Crippen LogP contribution in [0.25, 0.3) is 0 Å². The Morgan fingerprint density at radius 2 is 0.769 bits per heavy atom. The van der Waals surface area contributed by atoms with Crippen molar-refractivity contribution in [3.63, 3.8) is 0 Å². The van der Waals surface area contributed by atoms with E-state index in [4.69, 9.17) is 69.6 Å². The third-order valence-corrected chi connectivity index (χ3v) is 8.99. The molecule has 0 amide bonds. The van der Waals surface area contributed by atoms with E-state index in [1.165, 1.54) is 18.2 Å². The summed E-state index contributed by atoms with van der Waals surface area (Å²) in [5, 5.41) is 3.14. The topological polar surface area (TPSA) is 17.1 Å². The molecule has 26 heavy (non-hydrogen) atoms. The van der Waals surface area contributed by atoms with Gasteiger partial charge in [0, 0.05) is 31.0 Å². The van der Waals surface area contributed by atoms with Crippen molar-refractivity contribution in [1.82, 2.24) is 0 Å². The zero-order valence-electron chi connectivity index (χ0n) is 12.8. The Morgan fingerprint density at radius 3 is 1.00 bits per heavy atom. The summed E-state index contributed by atoms with van der Waals surface area (Å²) in [5.74, 6) is 0. The second-order valence-corrected chi connectivity index (χ2v) is 10.6. The highest BCUT2D eigenvalue weighted by Crippen LogP contribution is 2.48. The van der Waals surface area contributed by atoms with E-state index in [9.17, 15) is 4.57 Å². The Kier molecular flexibility index (Phi) is 6.22. The lowest BCUT2D eigenvalue weighted by atomic mass is 10.3. The number of hydrogen-bond donors (Lipinski definition) is 0. The number of rotatable bonds is 3. The van der Waals surface area contributed by atoms with Crippen LogP contribution in [-0.2, 0) is 4.57 Å². The molecule has 0 heterocycles. The molecule has 0 aromatic heterocycles. The molecule has 0 saturated carbocycles. The Hall–Kier alpha value is -0.370. The Bertz CT molecular complexity index is 918. The van der Waals surface area contributed by atoms with E-state index in [0.717, 1.165) is 0 Å². The number of hydrogen-bond acceptors (Lipinski definition) is 1. The van der Waals surface area contributed by atoms with Crippen molar-refractivity contribution < 1.29 is 4.57 Å². The van der Waals surface area contributed by atoms with Gasteiger partial charge in [-0.05, 0) is 54.6 Å². The van der Waals surface area contributed by atoms with Gasteiger partial charge in [0.15, 0.2) is 7.14 Å². The largest absolute Gasteiger partial charge is 0.308 e. The lowest BCUT2D eigenvalue weighted by molar-refractivity contribution is 0.592. The maximum atomic E-state index is 14.4. The molecule has 0 aliphatic rings. The van der Waals surface area contributed by atoms with E-state index < -0.39 is 7.14 Å². The van der Waals surface area contributed by atoms with Crippen molar-refractivity contribution in [2.45, 2.75) is 0 Å². The predicted molar refractivity (Wildman–Crippen MR) is 116 cm³/mol. The lowest BCUT2D eigenvalue weighted by Crippen LogP contribution is -2.27. The van der Waals surface area contributed by atoms with Crippen molar-refractivity contribution >= 4 is 92.7 Å². The standard InChI is InChI=1S/C18H9Cl6OP/c19-10-1-4-16(13(22)7-10)26(25,17-5-2-11(20)8-14(17)23)18-6-3-12(21)9-15(18)24/h1-9H. The fourth-order valence-corrected chi connectivity index (χ4v) is 7.62. The molecule has 3 aromatic carbocycles. The van der Waals surface area contributed by atoms with Crippen LogP contribution in [-0.4, -0.2) is 0 Å². The van der Waals surface area contributed by atoms with Gasteiger partial charge in [-0.2, -0.15) is 0 Å². The van der Waals surface area contributed by atoms with Crippen LogP contribution in [0.15, 0.2) is 54.6 Å². The van der Waals surface area contributed by atoms with Gasteiger partial charge in [-0.15, -0.1) is 0 Å². The summed E-state index contributed by atoms with van der Waals surface area (Å²) >= 11 is 37.2. The van der Waals surface area contributed by atoms with Crippen molar-refractivity contribution in [3.05, 3.63) is 84.7 Å². The van der Waals surface area contributed by atoms with E-state index in [1.807, 2.05) is 0 Å². The normalized spacial score (nSPS) is 11.6. The number of halogens is 6. The molecule has 0 aliphatic carbocycles. The average molecular weight is 485 g/mol. The van der Waals surface area contributed by atoms with E-state index in [-0.39, 0.29) is 15.1 Å². The van der Waals surface area contributed by atoms with Gasteiger partial charge in [0.1, 0.15) is 0 Å². The molecule has 1 nitrogen and oxygen atoms in total. The van der Waals surface area contributed by atoms with Crippen molar-refractivity contribution in [1.29, 1.82) is 0 Å². The van der Waals surface area contributed by atoms with Gasteiger partial charge in [-0.3, -0.25) is 0 Å². The van der Waals surface area contributed by atoms with Crippen LogP contribution in [0, 0.1) is 0 Å². The van der Waals surface area contributed by atoms with E-state index in [1.54, 1.807) is 36.4 Å². The van der Waals surface area contributed by atoms with E-state index in [0.29, 0.717) is 31.0 Å². The Balaban J connectivity index is 2.41. The molecule has 0 fully saturated rings. The first-order valence-corrected chi connectivity index (χ1v) is 11.2. The molecular weight excluding hydrogens is 476 g/mol. The van der Waals surface area contributed by atoms with Gasteiger partial charge in [0.05, 0.1) is 15.1 Å². The molecule has 0 aliphatic heterocycles. The second kappa shape index (κ2) is 7.94. The van der Waals surface area contributed by atoms with Crippen LogP contribution in [0.4, 0.5) is 0 Å². The van der Waals surface area contributed by atoms with Gasteiger partial charge in [-0.1, -0.05) is 69.6 Å². The maximum absolute atomic E-state index is 14.4. The van der Waals surface area contributed by atoms with E-state index in [2.05, 4.69) is 0 Å². The summed E-state index contributed by atoms with van der Waals surface area (Å²) in [6, 6.07) is 14.3. The van der Waals surface area contributed by atoms with Crippen LogP contribution < -0.4 is 15.9 Å². The molecule has 0 saturated heterocycles. The predicted octanol–water partition coefficient (Wildman–Crippen LogP) is 7.25. The second-order valence-electron chi connectivity index (χ2n) is 5.40. The van der Waals surface area contributed by atoms with Crippen LogP contribution in [0.3, 0.4) is 0 Å². The quantitative estimate of drug-likeness (QED) is 0.358. The van der Waals surface area contributed by atoms with Gasteiger partial charge in [0.25, 0.3) is 0 Å². The summed E-state index contributed by atoms with van der Waals surface area (Å²) < 4.78 is 14.4. The Morgan fingerprint density at radius 1 is 0.500 bits per heavy atom. The van der Waals surface area contributed by atoms with Gasteiger partial charge in [0.2, 0.25) is 0 Å². The summed E-state index contributed by atoms with van der Waals surface area (Å²) in [6.45, 7) is 0. The summed E-state index contributed by atoms with van der Waals surface area (Å²) in [6.07, 6.45) is 0. The monoisotopic (exact) mass is 482 g/mol. The highest BCUT2D eigenvalue weighted by Gasteiger charge is 2.35. The maximum Gasteiger partial charge on any atom is 0.175 e. The van der Waals surface area contributed by atoms with Crippen LogP contribution in [0.2, 0.25) is 30.1 Å². The minimum atomic E-state index is -3.52. The molecule has 8 heteroatoms. The molecule has 0 radical (unpaired) electrons. The first-order chi connectivity index (χ1) is 12.2. The third kappa shape index (κ3) is 3.77. The summed E-state index contributed by atoms with van der Waals surface area (Å²) in [7, 11) is -3.52. The molecule has 0 N–H and O–H groups in total. The molecule has 3 rings (SSSR count). The zero-order chi connectivity index (χ0) is 19.1. The molecule has 0 unspecified atom stereocenters. The third-order valence-electron chi connectivity index (χ3n) is 3.75. The molecule has 0 atom stereocenters. The fourth-order valence-electron chi connectivity index (χ4n) is 2.60. The summed E-state index contributed by atoms with van der Waals surface area (Å²) in [4.78, 5) is 0. The lowest BCUT2D eigenvalue weighted by Gasteiger charge is -2.23. The minimum Gasteiger partial charge on any atom is -0.308 e. The fraction of sp³-hybridized carbons (Fsp3) is 0. The van der Waals surface area contributed by atoms with E-state index >= 15 is 0 Å². The van der Waals surface area contributed by atoms with Crippen LogP contribution >= 0.6 is 76.7 Å². The highest BCUT2D eigenvalue weighted by atomic mass is 35.5. The first kappa shape index (κ1) is 20.4. The molecule has 134 valence electrons. The van der Waals surface area contributed by atoms with Gasteiger partial charge >= 0.3 is 0 Å². The van der Waals surface area contributed by atoms with Crippen molar-refractivity contribution in [3.8, 4) is 0 Å². The molecule has 0 spiro atoms. The smallest absolute Gasteiger partial charge is 0.175 e.